The van der Waals surface area contributed by atoms with Gasteiger partial charge in [-0.25, -0.2) is 4.98 Å². The molecule has 0 saturated carbocycles. The lowest BCUT2D eigenvalue weighted by molar-refractivity contribution is 0.0931. The Balaban J connectivity index is 1.56. The Morgan fingerprint density at radius 3 is 2.31 bits per heavy atom. The van der Waals surface area contributed by atoms with Crippen LogP contribution in [0.5, 0.6) is 0 Å². The highest BCUT2D eigenvalue weighted by atomic mass is 16.3. The van der Waals surface area contributed by atoms with Crippen LogP contribution in [0.4, 0.5) is 5.69 Å². The maximum Gasteiger partial charge on any atom is 0.273 e. The van der Waals surface area contributed by atoms with Crippen LogP contribution in [0.25, 0.3) is 11.5 Å². The Morgan fingerprint density at radius 1 is 0.931 bits per heavy atom. The molecular weight excluding hydrogens is 362 g/mol. The topological polar surface area (TPSA) is 81.1 Å². The molecule has 0 radical (unpaired) electrons. The third kappa shape index (κ3) is 4.35. The van der Waals surface area contributed by atoms with Crippen LogP contribution in [0.1, 0.15) is 27.7 Å². The lowest BCUT2D eigenvalue weighted by atomic mass is 9.99. The first-order valence-electron chi connectivity index (χ1n) is 9.41. The minimum Gasteiger partial charge on any atom is -0.444 e. The molecule has 0 aliphatic heterocycles. The number of hydrogen-bond acceptors (Lipinski definition) is 4. The van der Waals surface area contributed by atoms with E-state index in [-0.39, 0.29) is 17.6 Å². The summed E-state index contributed by atoms with van der Waals surface area (Å²) in [4.78, 5) is 17.2. The minimum absolute atomic E-state index is 0.187. The number of anilines is 1. The van der Waals surface area contributed by atoms with E-state index < -0.39 is 0 Å². The van der Waals surface area contributed by atoms with Crippen molar-refractivity contribution in [1.82, 2.24) is 10.3 Å². The lowest BCUT2D eigenvalue weighted by Crippen LogP contribution is -2.30. The number of para-hydroxylation sites is 1. The van der Waals surface area contributed by atoms with Crippen LogP contribution in [0, 0.1) is 0 Å². The zero-order valence-corrected chi connectivity index (χ0v) is 15.8. The number of oxazole rings is 1. The third-order valence-corrected chi connectivity index (χ3v) is 4.72. The van der Waals surface area contributed by atoms with Gasteiger partial charge < -0.3 is 15.5 Å². The van der Waals surface area contributed by atoms with E-state index in [2.05, 4.69) is 22.4 Å². The summed E-state index contributed by atoms with van der Waals surface area (Å²) in [5.41, 5.74) is 9.58. The van der Waals surface area contributed by atoms with Gasteiger partial charge in [-0.3, -0.25) is 4.79 Å². The van der Waals surface area contributed by atoms with Crippen molar-refractivity contribution >= 4 is 11.6 Å². The van der Waals surface area contributed by atoms with Crippen LogP contribution >= 0.6 is 0 Å². The fourth-order valence-electron chi connectivity index (χ4n) is 3.21. The van der Waals surface area contributed by atoms with Crippen LogP contribution in [0.2, 0.25) is 0 Å². The van der Waals surface area contributed by atoms with Crippen molar-refractivity contribution in [3.8, 4) is 11.5 Å². The van der Waals surface area contributed by atoms with Crippen LogP contribution in [-0.4, -0.2) is 10.9 Å². The van der Waals surface area contributed by atoms with Gasteiger partial charge in [0.25, 0.3) is 5.91 Å². The van der Waals surface area contributed by atoms with E-state index in [1.165, 1.54) is 6.26 Å². The average molecular weight is 383 g/mol. The highest BCUT2D eigenvalue weighted by Crippen LogP contribution is 2.25. The molecule has 3 aromatic carbocycles. The summed E-state index contributed by atoms with van der Waals surface area (Å²) in [6, 6.07) is 27.0. The second-order valence-electron chi connectivity index (χ2n) is 6.75. The van der Waals surface area contributed by atoms with Gasteiger partial charge in [-0.1, -0.05) is 72.8 Å². The van der Waals surface area contributed by atoms with Crippen LogP contribution in [0.15, 0.2) is 95.6 Å². The number of rotatable bonds is 6. The standard InChI is InChI=1S/C24H21N3O2/c25-20-14-8-7-13-19(20)24-27-22(16-29-24)23(28)26-21(18-11-5-2-6-12-18)15-17-9-3-1-4-10-17/h1-14,16,21H,15,25H2,(H,26,28). The molecule has 5 nitrogen and oxygen atoms in total. The van der Waals surface area contributed by atoms with Gasteiger partial charge in [0, 0.05) is 5.69 Å². The molecule has 144 valence electrons. The van der Waals surface area contributed by atoms with Crippen molar-refractivity contribution in [2.45, 2.75) is 12.5 Å². The fourth-order valence-corrected chi connectivity index (χ4v) is 3.21. The molecule has 1 atom stereocenters. The van der Waals surface area contributed by atoms with Crippen molar-refractivity contribution in [2.24, 2.45) is 0 Å². The smallest absolute Gasteiger partial charge is 0.273 e. The quantitative estimate of drug-likeness (QED) is 0.475. The number of nitrogens with one attached hydrogen (secondary N) is 1. The highest BCUT2D eigenvalue weighted by molar-refractivity contribution is 5.93. The monoisotopic (exact) mass is 383 g/mol. The van der Waals surface area contributed by atoms with E-state index >= 15 is 0 Å². The van der Waals surface area contributed by atoms with Gasteiger partial charge in [0.05, 0.1) is 11.6 Å². The van der Waals surface area contributed by atoms with Crippen LogP contribution in [0.3, 0.4) is 0 Å². The minimum atomic E-state index is -0.292. The second kappa shape index (κ2) is 8.44. The van der Waals surface area contributed by atoms with Crippen LogP contribution < -0.4 is 11.1 Å². The number of nitrogens with zero attached hydrogens (tertiary/aromatic N) is 1. The van der Waals surface area contributed by atoms with Gasteiger partial charge in [-0.2, -0.15) is 0 Å². The summed E-state index contributed by atoms with van der Waals surface area (Å²) < 4.78 is 5.51. The summed E-state index contributed by atoms with van der Waals surface area (Å²) in [5, 5.41) is 3.08. The zero-order chi connectivity index (χ0) is 20.1. The molecule has 0 spiro atoms. The van der Waals surface area contributed by atoms with E-state index in [1.807, 2.05) is 66.7 Å². The number of hydrogen-bond donors (Lipinski definition) is 2. The van der Waals surface area contributed by atoms with Crippen molar-refractivity contribution in [1.29, 1.82) is 0 Å². The molecule has 0 fully saturated rings. The summed E-state index contributed by atoms with van der Waals surface area (Å²) in [6.07, 6.45) is 2.04. The van der Waals surface area contributed by atoms with Crippen molar-refractivity contribution < 1.29 is 9.21 Å². The number of nitrogens with two attached hydrogens (primary N) is 1. The number of aromatic nitrogens is 1. The molecule has 0 saturated heterocycles. The van der Waals surface area contributed by atoms with E-state index in [0.717, 1.165) is 11.1 Å². The van der Waals surface area contributed by atoms with Gasteiger partial charge >= 0.3 is 0 Å². The third-order valence-electron chi connectivity index (χ3n) is 4.72. The van der Waals surface area contributed by atoms with E-state index in [1.54, 1.807) is 6.07 Å². The predicted octanol–water partition coefficient (Wildman–Crippen LogP) is 4.64. The Morgan fingerprint density at radius 2 is 1.59 bits per heavy atom. The molecule has 1 amide bonds. The maximum atomic E-state index is 12.9. The average Bonchev–Trinajstić information content (AvgIpc) is 3.25. The SMILES string of the molecule is Nc1ccccc1-c1nc(C(=O)NC(Cc2ccccc2)c2ccccc2)co1. The molecule has 29 heavy (non-hydrogen) atoms. The Bertz CT molecular complexity index is 1090. The molecule has 4 rings (SSSR count). The normalized spacial score (nSPS) is 11.7. The van der Waals surface area contributed by atoms with Crippen molar-refractivity contribution in [3.63, 3.8) is 0 Å². The summed E-state index contributed by atoms with van der Waals surface area (Å²) in [6.45, 7) is 0. The van der Waals surface area contributed by atoms with Gasteiger partial charge in [0.1, 0.15) is 6.26 Å². The molecule has 0 aliphatic rings. The molecule has 0 bridgehead atoms. The Kier molecular flexibility index (Phi) is 5.38. The zero-order valence-electron chi connectivity index (χ0n) is 15.8. The number of carbonyl (C=O) groups excluding carboxylic acids is 1. The molecule has 1 heterocycles. The Hall–Kier alpha value is -3.86. The first-order chi connectivity index (χ1) is 14.2. The van der Waals surface area contributed by atoms with Gasteiger partial charge in [0.15, 0.2) is 5.69 Å². The first-order valence-corrected chi connectivity index (χ1v) is 9.41. The molecular formula is C24H21N3O2. The second-order valence-corrected chi connectivity index (χ2v) is 6.75. The summed E-state index contributed by atoms with van der Waals surface area (Å²) >= 11 is 0. The fraction of sp³-hybridized carbons (Fsp3) is 0.0833. The number of benzene rings is 3. The summed E-state index contributed by atoms with van der Waals surface area (Å²) in [7, 11) is 0. The predicted molar refractivity (Wildman–Crippen MR) is 113 cm³/mol. The van der Waals surface area contributed by atoms with Crippen molar-refractivity contribution in [2.75, 3.05) is 5.73 Å². The number of carbonyl (C=O) groups is 1. The number of amides is 1. The van der Waals surface area contributed by atoms with Crippen LogP contribution in [-0.2, 0) is 6.42 Å². The molecule has 1 aromatic heterocycles. The Labute approximate surface area is 169 Å². The van der Waals surface area contributed by atoms with E-state index in [4.69, 9.17) is 10.2 Å². The molecule has 4 aromatic rings. The van der Waals surface area contributed by atoms with Gasteiger partial charge in [-0.05, 0) is 29.7 Å². The highest BCUT2D eigenvalue weighted by Gasteiger charge is 2.20. The van der Waals surface area contributed by atoms with E-state index in [9.17, 15) is 4.79 Å². The van der Waals surface area contributed by atoms with Gasteiger partial charge in [-0.15, -0.1) is 0 Å². The van der Waals surface area contributed by atoms with E-state index in [0.29, 0.717) is 23.6 Å². The number of nitrogen functional groups attached to an aromatic ring is 1. The largest absolute Gasteiger partial charge is 0.444 e. The van der Waals surface area contributed by atoms with Gasteiger partial charge in [0.2, 0.25) is 5.89 Å². The first kappa shape index (κ1) is 18.5. The van der Waals surface area contributed by atoms with Crippen molar-refractivity contribution in [3.05, 3.63) is 108 Å². The maximum absolute atomic E-state index is 12.9. The lowest BCUT2D eigenvalue weighted by Gasteiger charge is -2.19. The summed E-state index contributed by atoms with van der Waals surface area (Å²) in [5.74, 6) is 0.0341. The molecule has 3 N–H and O–H groups in total. The molecule has 5 heteroatoms. The molecule has 0 aliphatic carbocycles. The molecule has 1 unspecified atom stereocenters.